The zero-order valence-electron chi connectivity index (χ0n) is 12.2. The largest absolute Gasteiger partial charge is 0.483 e. The lowest BCUT2D eigenvalue weighted by Crippen LogP contribution is -2.35. The number of Topliss-reactive ketones (excluding diaryl/α,β-unsaturated/α-hetero) is 1. The SMILES string of the molecule is CC(=O)c1cc(Cl)ccc1OCC(=O)N1CCCCCC1. The van der Waals surface area contributed by atoms with Gasteiger partial charge in [0.25, 0.3) is 5.91 Å². The standard InChI is InChI=1S/C16H20ClNO3/c1-12(19)14-10-13(17)6-7-15(14)21-11-16(20)18-8-4-2-3-5-9-18/h6-7,10H,2-5,8-9,11H2,1H3. The van der Waals surface area contributed by atoms with Gasteiger partial charge in [-0.05, 0) is 38.0 Å². The highest BCUT2D eigenvalue weighted by Crippen LogP contribution is 2.23. The van der Waals surface area contributed by atoms with Gasteiger partial charge in [0.15, 0.2) is 12.4 Å². The lowest BCUT2D eigenvalue weighted by atomic mass is 10.1. The van der Waals surface area contributed by atoms with E-state index in [9.17, 15) is 9.59 Å². The topological polar surface area (TPSA) is 46.6 Å². The fraction of sp³-hybridized carbons (Fsp3) is 0.500. The fourth-order valence-corrected chi connectivity index (χ4v) is 2.63. The summed E-state index contributed by atoms with van der Waals surface area (Å²) in [6, 6.07) is 4.85. The van der Waals surface area contributed by atoms with E-state index in [0.717, 1.165) is 25.9 Å². The molecule has 1 aliphatic rings. The molecule has 4 nitrogen and oxygen atoms in total. The number of carbonyl (C=O) groups excluding carboxylic acids is 2. The maximum atomic E-state index is 12.2. The van der Waals surface area contributed by atoms with Gasteiger partial charge in [0.2, 0.25) is 0 Å². The minimum Gasteiger partial charge on any atom is -0.483 e. The first-order valence-electron chi connectivity index (χ1n) is 7.29. The van der Waals surface area contributed by atoms with E-state index in [1.54, 1.807) is 18.2 Å². The number of hydrogen-bond acceptors (Lipinski definition) is 3. The Kier molecular flexibility index (Phi) is 5.62. The lowest BCUT2D eigenvalue weighted by Gasteiger charge is -2.20. The fourth-order valence-electron chi connectivity index (χ4n) is 2.45. The van der Waals surface area contributed by atoms with Crippen molar-refractivity contribution in [2.45, 2.75) is 32.6 Å². The van der Waals surface area contributed by atoms with Gasteiger partial charge < -0.3 is 9.64 Å². The molecule has 1 heterocycles. The highest BCUT2D eigenvalue weighted by atomic mass is 35.5. The number of halogens is 1. The van der Waals surface area contributed by atoms with E-state index < -0.39 is 0 Å². The molecule has 21 heavy (non-hydrogen) atoms. The number of nitrogens with zero attached hydrogens (tertiary/aromatic N) is 1. The number of benzene rings is 1. The molecule has 0 aliphatic carbocycles. The zero-order chi connectivity index (χ0) is 15.2. The molecule has 114 valence electrons. The van der Waals surface area contributed by atoms with E-state index in [4.69, 9.17) is 16.3 Å². The molecule has 1 aromatic carbocycles. The molecule has 0 aromatic heterocycles. The van der Waals surface area contributed by atoms with E-state index in [1.165, 1.54) is 19.8 Å². The Hall–Kier alpha value is -1.55. The van der Waals surface area contributed by atoms with Crippen LogP contribution in [0.2, 0.25) is 5.02 Å². The third-order valence-electron chi connectivity index (χ3n) is 3.63. The van der Waals surface area contributed by atoms with E-state index >= 15 is 0 Å². The van der Waals surface area contributed by atoms with Crippen molar-refractivity contribution in [3.8, 4) is 5.75 Å². The third kappa shape index (κ3) is 4.46. The van der Waals surface area contributed by atoms with E-state index in [1.807, 2.05) is 4.90 Å². The molecule has 0 atom stereocenters. The number of rotatable bonds is 4. The van der Waals surface area contributed by atoms with Gasteiger partial charge in [-0.3, -0.25) is 9.59 Å². The van der Waals surface area contributed by atoms with Crippen LogP contribution in [0.5, 0.6) is 5.75 Å². The second kappa shape index (κ2) is 7.46. The highest BCUT2D eigenvalue weighted by molar-refractivity contribution is 6.31. The average Bonchev–Trinajstić information content (AvgIpc) is 2.74. The van der Waals surface area contributed by atoms with Gasteiger partial charge >= 0.3 is 0 Å². The van der Waals surface area contributed by atoms with Crippen LogP contribution in [0.1, 0.15) is 43.0 Å². The molecule has 1 fully saturated rings. The summed E-state index contributed by atoms with van der Waals surface area (Å²) >= 11 is 5.88. The van der Waals surface area contributed by atoms with Gasteiger partial charge in [-0.1, -0.05) is 24.4 Å². The van der Waals surface area contributed by atoms with Gasteiger partial charge in [-0.25, -0.2) is 0 Å². The van der Waals surface area contributed by atoms with E-state index in [-0.39, 0.29) is 18.3 Å². The van der Waals surface area contributed by atoms with Crippen molar-refractivity contribution in [1.82, 2.24) is 4.90 Å². The van der Waals surface area contributed by atoms with Crippen molar-refractivity contribution in [3.05, 3.63) is 28.8 Å². The Balaban J connectivity index is 1.99. The van der Waals surface area contributed by atoms with Crippen molar-refractivity contribution in [3.63, 3.8) is 0 Å². The molecular formula is C16H20ClNO3. The van der Waals surface area contributed by atoms with Crippen LogP contribution in [0.15, 0.2) is 18.2 Å². The lowest BCUT2D eigenvalue weighted by molar-refractivity contribution is -0.133. The van der Waals surface area contributed by atoms with Crippen molar-refractivity contribution >= 4 is 23.3 Å². The van der Waals surface area contributed by atoms with Crippen LogP contribution in [0.4, 0.5) is 0 Å². The van der Waals surface area contributed by atoms with Crippen LogP contribution >= 0.6 is 11.6 Å². The molecule has 1 aromatic rings. The van der Waals surface area contributed by atoms with Crippen molar-refractivity contribution in [2.24, 2.45) is 0 Å². The van der Waals surface area contributed by atoms with Gasteiger partial charge in [0.05, 0.1) is 5.56 Å². The molecule has 0 radical (unpaired) electrons. The first-order valence-corrected chi connectivity index (χ1v) is 7.67. The van der Waals surface area contributed by atoms with Gasteiger partial charge in [-0.15, -0.1) is 0 Å². The maximum Gasteiger partial charge on any atom is 0.260 e. The summed E-state index contributed by atoms with van der Waals surface area (Å²) in [5.41, 5.74) is 0.408. The first kappa shape index (κ1) is 15.8. The van der Waals surface area contributed by atoms with E-state index in [2.05, 4.69) is 0 Å². The van der Waals surface area contributed by atoms with Crippen molar-refractivity contribution < 1.29 is 14.3 Å². The molecule has 2 rings (SSSR count). The molecule has 0 saturated carbocycles. The van der Waals surface area contributed by atoms with Crippen LogP contribution in [0.25, 0.3) is 0 Å². The molecule has 0 N–H and O–H groups in total. The highest BCUT2D eigenvalue weighted by Gasteiger charge is 2.17. The zero-order valence-corrected chi connectivity index (χ0v) is 13.0. The van der Waals surface area contributed by atoms with Crippen LogP contribution in [0, 0.1) is 0 Å². The molecule has 0 spiro atoms. The Bertz CT molecular complexity index is 522. The van der Waals surface area contributed by atoms with Crippen LogP contribution in [0.3, 0.4) is 0 Å². The minimum absolute atomic E-state index is 0.0265. The Morgan fingerprint density at radius 2 is 1.86 bits per heavy atom. The molecule has 1 amide bonds. The Morgan fingerprint density at radius 1 is 1.19 bits per heavy atom. The summed E-state index contributed by atoms with van der Waals surface area (Å²) in [4.78, 5) is 25.6. The predicted molar refractivity (Wildman–Crippen MR) is 82.0 cm³/mol. The smallest absolute Gasteiger partial charge is 0.260 e. The predicted octanol–water partition coefficient (Wildman–Crippen LogP) is 3.32. The normalized spacial score (nSPS) is 15.4. The maximum absolute atomic E-state index is 12.2. The average molecular weight is 310 g/mol. The van der Waals surface area contributed by atoms with Gasteiger partial charge in [-0.2, -0.15) is 0 Å². The monoisotopic (exact) mass is 309 g/mol. The summed E-state index contributed by atoms with van der Waals surface area (Å²) in [6.07, 6.45) is 4.45. The summed E-state index contributed by atoms with van der Waals surface area (Å²) in [6.45, 7) is 3.00. The molecule has 5 heteroatoms. The second-order valence-corrected chi connectivity index (χ2v) is 5.72. The number of hydrogen-bond donors (Lipinski definition) is 0. The molecule has 1 saturated heterocycles. The van der Waals surface area contributed by atoms with Crippen LogP contribution < -0.4 is 4.74 Å². The summed E-state index contributed by atoms with van der Waals surface area (Å²) in [5.74, 6) is 0.256. The summed E-state index contributed by atoms with van der Waals surface area (Å²) in [5, 5.41) is 0.478. The second-order valence-electron chi connectivity index (χ2n) is 5.28. The minimum atomic E-state index is -0.130. The van der Waals surface area contributed by atoms with Crippen LogP contribution in [-0.2, 0) is 4.79 Å². The quantitative estimate of drug-likeness (QED) is 0.802. The van der Waals surface area contributed by atoms with Crippen molar-refractivity contribution in [2.75, 3.05) is 19.7 Å². The third-order valence-corrected chi connectivity index (χ3v) is 3.87. The van der Waals surface area contributed by atoms with Gasteiger partial charge in [0, 0.05) is 18.1 Å². The van der Waals surface area contributed by atoms with Gasteiger partial charge in [0.1, 0.15) is 5.75 Å². The molecule has 0 bridgehead atoms. The van der Waals surface area contributed by atoms with Crippen LogP contribution in [-0.4, -0.2) is 36.3 Å². The number of amides is 1. The molecule has 1 aliphatic heterocycles. The number of likely N-dealkylation sites (tertiary alicyclic amines) is 1. The summed E-state index contributed by atoms with van der Waals surface area (Å²) < 4.78 is 5.54. The summed E-state index contributed by atoms with van der Waals surface area (Å²) in [7, 11) is 0. The van der Waals surface area contributed by atoms with Crippen molar-refractivity contribution in [1.29, 1.82) is 0 Å². The Labute approximate surface area is 130 Å². The first-order chi connectivity index (χ1) is 10.1. The number of ketones is 1. The molecular weight excluding hydrogens is 290 g/mol. The van der Waals surface area contributed by atoms with E-state index in [0.29, 0.717) is 16.3 Å². The number of ether oxygens (including phenoxy) is 1. The Morgan fingerprint density at radius 3 is 2.48 bits per heavy atom. The molecule has 0 unspecified atom stereocenters. The number of carbonyl (C=O) groups is 2.